The van der Waals surface area contributed by atoms with Crippen LogP contribution in [0, 0.1) is 0 Å². The molecule has 94 valence electrons. The van der Waals surface area contributed by atoms with E-state index in [1.807, 2.05) is 6.92 Å². The van der Waals surface area contributed by atoms with Gasteiger partial charge in [-0.15, -0.1) is 0 Å². The summed E-state index contributed by atoms with van der Waals surface area (Å²) < 4.78 is 4.73. The van der Waals surface area contributed by atoms with Crippen molar-refractivity contribution in [2.75, 3.05) is 13.7 Å². The van der Waals surface area contributed by atoms with E-state index in [0.717, 1.165) is 0 Å². The minimum atomic E-state index is -1.27. The van der Waals surface area contributed by atoms with Gasteiger partial charge in [0.1, 0.15) is 11.6 Å². The Balaban J connectivity index is 4.52. The van der Waals surface area contributed by atoms with E-state index in [1.54, 1.807) is 0 Å². The second kappa shape index (κ2) is 6.44. The molecule has 0 saturated carbocycles. The Kier molecular flexibility index (Phi) is 5.98. The third kappa shape index (κ3) is 4.16. The summed E-state index contributed by atoms with van der Waals surface area (Å²) in [6.07, 6.45) is 1.01. The standard InChI is InChI=1S/C10H20N2O4/c1-4-5-10(2,9(14)15)12-8(13)7(11)6-16-3/h7H,4-6,11H2,1-3H3,(H,12,13)(H,14,15). The summed E-state index contributed by atoms with van der Waals surface area (Å²) in [5, 5.41) is 11.5. The molecule has 6 heteroatoms. The Morgan fingerprint density at radius 1 is 1.56 bits per heavy atom. The van der Waals surface area contributed by atoms with Crippen LogP contribution in [0.25, 0.3) is 0 Å². The van der Waals surface area contributed by atoms with Crippen LogP contribution in [-0.4, -0.2) is 42.3 Å². The molecule has 0 rings (SSSR count). The van der Waals surface area contributed by atoms with Gasteiger partial charge in [0, 0.05) is 7.11 Å². The zero-order chi connectivity index (χ0) is 12.8. The lowest BCUT2D eigenvalue weighted by Crippen LogP contribution is -2.57. The quantitative estimate of drug-likeness (QED) is 0.560. The Morgan fingerprint density at radius 2 is 2.12 bits per heavy atom. The van der Waals surface area contributed by atoms with Crippen LogP contribution < -0.4 is 11.1 Å². The van der Waals surface area contributed by atoms with Crippen LogP contribution in [-0.2, 0) is 14.3 Å². The van der Waals surface area contributed by atoms with E-state index < -0.39 is 23.5 Å². The van der Waals surface area contributed by atoms with Gasteiger partial charge in [-0.2, -0.15) is 0 Å². The number of amides is 1. The molecule has 16 heavy (non-hydrogen) atoms. The summed E-state index contributed by atoms with van der Waals surface area (Å²) in [4.78, 5) is 22.6. The molecule has 0 saturated heterocycles. The number of carboxylic acids is 1. The largest absolute Gasteiger partial charge is 0.480 e. The molecular weight excluding hydrogens is 212 g/mol. The van der Waals surface area contributed by atoms with E-state index in [1.165, 1.54) is 14.0 Å². The first-order valence-electron chi connectivity index (χ1n) is 5.17. The van der Waals surface area contributed by atoms with Crippen molar-refractivity contribution in [3.05, 3.63) is 0 Å². The average molecular weight is 232 g/mol. The van der Waals surface area contributed by atoms with Gasteiger partial charge in [0.05, 0.1) is 6.61 Å². The highest BCUT2D eigenvalue weighted by molar-refractivity contribution is 5.89. The van der Waals surface area contributed by atoms with E-state index in [9.17, 15) is 9.59 Å². The summed E-state index contributed by atoms with van der Waals surface area (Å²) in [5.41, 5.74) is 4.23. The van der Waals surface area contributed by atoms with Gasteiger partial charge < -0.3 is 20.9 Å². The first-order chi connectivity index (χ1) is 7.37. The van der Waals surface area contributed by atoms with Gasteiger partial charge in [0.15, 0.2) is 0 Å². The smallest absolute Gasteiger partial charge is 0.329 e. The van der Waals surface area contributed by atoms with E-state index in [2.05, 4.69) is 5.32 Å². The minimum Gasteiger partial charge on any atom is -0.480 e. The predicted molar refractivity (Wildman–Crippen MR) is 58.9 cm³/mol. The van der Waals surface area contributed by atoms with Gasteiger partial charge in [-0.1, -0.05) is 13.3 Å². The average Bonchev–Trinajstić information content (AvgIpc) is 2.18. The number of rotatable bonds is 7. The van der Waals surface area contributed by atoms with Crippen LogP contribution in [0.5, 0.6) is 0 Å². The number of carboxylic acid groups (broad SMARTS) is 1. The maximum Gasteiger partial charge on any atom is 0.329 e. The third-order valence-electron chi connectivity index (χ3n) is 2.30. The lowest BCUT2D eigenvalue weighted by Gasteiger charge is -2.27. The fourth-order valence-electron chi connectivity index (χ4n) is 1.34. The topological polar surface area (TPSA) is 102 Å². The van der Waals surface area contributed by atoms with Crippen LogP contribution in [0.2, 0.25) is 0 Å². The Bertz CT molecular complexity index is 257. The number of carbonyl (C=O) groups excluding carboxylic acids is 1. The van der Waals surface area contributed by atoms with Crippen molar-refractivity contribution in [1.82, 2.24) is 5.32 Å². The van der Waals surface area contributed by atoms with Gasteiger partial charge >= 0.3 is 5.97 Å². The molecule has 0 fully saturated rings. The maximum atomic E-state index is 11.5. The summed E-state index contributed by atoms with van der Waals surface area (Å²) in [6.45, 7) is 3.38. The molecule has 0 aromatic heterocycles. The van der Waals surface area contributed by atoms with Crippen LogP contribution in [0.1, 0.15) is 26.7 Å². The van der Waals surface area contributed by atoms with Crippen LogP contribution in [0.4, 0.5) is 0 Å². The van der Waals surface area contributed by atoms with Crippen LogP contribution >= 0.6 is 0 Å². The van der Waals surface area contributed by atoms with E-state index in [4.69, 9.17) is 15.6 Å². The van der Waals surface area contributed by atoms with Crippen LogP contribution in [0.15, 0.2) is 0 Å². The molecule has 0 aromatic carbocycles. The molecular formula is C10H20N2O4. The van der Waals surface area contributed by atoms with Crippen molar-refractivity contribution in [3.8, 4) is 0 Å². The van der Waals surface area contributed by atoms with Crippen molar-refractivity contribution in [2.24, 2.45) is 5.73 Å². The molecule has 0 aromatic rings. The Morgan fingerprint density at radius 3 is 2.50 bits per heavy atom. The number of methoxy groups -OCH3 is 1. The van der Waals surface area contributed by atoms with Crippen molar-refractivity contribution >= 4 is 11.9 Å². The maximum absolute atomic E-state index is 11.5. The molecule has 0 aliphatic rings. The van der Waals surface area contributed by atoms with Crippen molar-refractivity contribution in [1.29, 1.82) is 0 Å². The lowest BCUT2D eigenvalue weighted by molar-refractivity contribution is -0.147. The van der Waals surface area contributed by atoms with Crippen molar-refractivity contribution < 1.29 is 19.4 Å². The Hall–Kier alpha value is -1.14. The third-order valence-corrected chi connectivity index (χ3v) is 2.30. The zero-order valence-electron chi connectivity index (χ0n) is 9.95. The fraction of sp³-hybridized carbons (Fsp3) is 0.800. The first-order valence-corrected chi connectivity index (χ1v) is 5.17. The fourth-order valence-corrected chi connectivity index (χ4v) is 1.34. The highest BCUT2D eigenvalue weighted by Gasteiger charge is 2.34. The first kappa shape index (κ1) is 14.9. The lowest BCUT2D eigenvalue weighted by atomic mass is 9.96. The number of hydrogen-bond acceptors (Lipinski definition) is 4. The van der Waals surface area contributed by atoms with E-state index >= 15 is 0 Å². The molecule has 6 nitrogen and oxygen atoms in total. The highest BCUT2D eigenvalue weighted by atomic mass is 16.5. The highest BCUT2D eigenvalue weighted by Crippen LogP contribution is 2.12. The SMILES string of the molecule is CCCC(C)(NC(=O)C(N)COC)C(=O)O. The molecule has 0 aliphatic carbocycles. The molecule has 1 amide bonds. The number of carbonyl (C=O) groups is 2. The number of nitrogens with two attached hydrogens (primary N) is 1. The van der Waals surface area contributed by atoms with Gasteiger partial charge in [-0.05, 0) is 13.3 Å². The van der Waals surface area contributed by atoms with E-state index in [0.29, 0.717) is 12.8 Å². The van der Waals surface area contributed by atoms with Crippen molar-refractivity contribution in [2.45, 2.75) is 38.3 Å². The van der Waals surface area contributed by atoms with E-state index in [-0.39, 0.29) is 6.61 Å². The molecule has 0 heterocycles. The summed E-state index contributed by atoms with van der Waals surface area (Å²) in [5.74, 6) is -1.58. The van der Waals surface area contributed by atoms with Gasteiger partial charge in [-0.25, -0.2) is 4.79 Å². The molecule has 0 bridgehead atoms. The number of aliphatic carboxylic acids is 1. The molecule has 2 atom stereocenters. The van der Waals surface area contributed by atoms with Gasteiger partial charge in [0.2, 0.25) is 5.91 Å². The van der Waals surface area contributed by atoms with Crippen molar-refractivity contribution in [3.63, 3.8) is 0 Å². The molecule has 4 N–H and O–H groups in total. The normalized spacial score (nSPS) is 16.2. The van der Waals surface area contributed by atoms with Gasteiger partial charge in [-0.3, -0.25) is 4.79 Å². The predicted octanol–water partition coefficient (Wildman–Crippen LogP) is -0.280. The summed E-state index contributed by atoms with van der Waals surface area (Å²) in [6, 6.07) is -0.847. The Labute approximate surface area is 95.1 Å². The second-order valence-electron chi connectivity index (χ2n) is 3.94. The monoisotopic (exact) mass is 232 g/mol. The molecule has 0 radical (unpaired) electrons. The molecule has 2 unspecified atom stereocenters. The summed E-state index contributed by atoms with van der Waals surface area (Å²) >= 11 is 0. The van der Waals surface area contributed by atoms with Crippen LogP contribution in [0.3, 0.4) is 0 Å². The van der Waals surface area contributed by atoms with Gasteiger partial charge in [0.25, 0.3) is 0 Å². The molecule has 0 spiro atoms. The second-order valence-corrected chi connectivity index (χ2v) is 3.94. The zero-order valence-corrected chi connectivity index (χ0v) is 9.95. The number of ether oxygens (including phenoxy) is 1. The molecule has 0 aliphatic heterocycles. The minimum absolute atomic E-state index is 0.0632. The summed E-state index contributed by atoms with van der Waals surface area (Å²) in [7, 11) is 1.43. The number of hydrogen-bond donors (Lipinski definition) is 3. The number of nitrogens with one attached hydrogen (secondary N) is 1.